The molecule has 3 rings (SSSR count). The number of hydrogen-bond donors (Lipinski definition) is 0. The first-order chi connectivity index (χ1) is 13.4. The van der Waals surface area contributed by atoms with Crippen molar-refractivity contribution in [3.05, 3.63) is 40.9 Å². The summed E-state index contributed by atoms with van der Waals surface area (Å²) in [7, 11) is 2.51. The second kappa shape index (κ2) is 7.89. The van der Waals surface area contributed by atoms with E-state index in [1.54, 1.807) is 16.8 Å². The van der Waals surface area contributed by atoms with Crippen molar-refractivity contribution >= 4 is 51.8 Å². The summed E-state index contributed by atoms with van der Waals surface area (Å²) >= 11 is 0.759. The molecule has 0 unspecified atom stereocenters. The van der Waals surface area contributed by atoms with Crippen LogP contribution in [0.4, 0.5) is 4.79 Å². The molecule has 1 aliphatic heterocycles. The molecule has 8 nitrogen and oxygen atoms in total. The monoisotopic (exact) mass is 402 g/mol. The Kier molecular flexibility index (Phi) is 5.55. The zero-order valence-electron chi connectivity index (χ0n) is 15.5. The maximum Gasteiger partial charge on any atom is 0.328 e. The van der Waals surface area contributed by atoms with E-state index in [1.807, 2.05) is 24.3 Å². The number of amides is 2. The summed E-state index contributed by atoms with van der Waals surface area (Å²) < 4.78 is 11.1. The third-order valence-electron chi connectivity index (χ3n) is 4.39. The Morgan fingerprint density at radius 2 is 1.89 bits per heavy atom. The van der Waals surface area contributed by atoms with E-state index in [-0.39, 0.29) is 11.4 Å². The lowest BCUT2D eigenvalue weighted by atomic mass is 10.1. The number of fused-ring (bicyclic) bond motifs is 1. The minimum atomic E-state index is -1.01. The number of hydrogen-bond acceptors (Lipinski definition) is 7. The Morgan fingerprint density at radius 1 is 1.18 bits per heavy atom. The number of carbonyl (C=O) groups is 4. The molecule has 0 aliphatic carbocycles. The van der Waals surface area contributed by atoms with Gasteiger partial charge < -0.3 is 14.0 Å². The number of rotatable bonds is 5. The predicted octanol–water partition coefficient (Wildman–Crippen LogP) is 2.41. The molecule has 0 radical (unpaired) electrons. The van der Waals surface area contributed by atoms with Gasteiger partial charge >= 0.3 is 11.9 Å². The standard InChI is InChI=1S/C19H18N2O6S/c1-11(18(24)27-3)21-17(23)15(28-19(21)25)8-12-9-20(10-16(22)26-2)14-7-5-4-6-13(12)14/h4-9,11H,10H2,1-3H3/b15-8+/t11-/m0/s1. The van der Waals surface area contributed by atoms with Gasteiger partial charge in [0.1, 0.15) is 12.6 Å². The number of methoxy groups -OCH3 is 2. The van der Waals surface area contributed by atoms with Gasteiger partial charge in [0.25, 0.3) is 11.1 Å². The molecule has 2 amide bonds. The molecule has 2 aromatic rings. The van der Waals surface area contributed by atoms with Gasteiger partial charge in [-0.15, -0.1) is 0 Å². The van der Waals surface area contributed by atoms with E-state index in [0.29, 0.717) is 5.56 Å². The number of thioether (sulfide) groups is 1. The van der Waals surface area contributed by atoms with Gasteiger partial charge in [-0.25, -0.2) is 4.79 Å². The number of nitrogens with zero attached hydrogens (tertiary/aromatic N) is 2. The minimum absolute atomic E-state index is 0.0195. The SMILES string of the molecule is COC(=O)Cn1cc(/C=C2/SC(=O)N([C@@H](C)C(=O)OC)C2=O)c2ccccc21. The maximum absolute atomic E-state index is 12.7. The highest BCUT2D eigenvalue weighted by atomic mass is 32.2. The molecule has 0 bridgehead atoms. The number of imide groups is 1. The molecule has 1 aromatic carbocycles. The number of aromatic nitrogens is 1. The Morgan fingerprint density at radius 3 is 2.57 bits per heavy atom. The molecule has 1 saturated heterocycles. The number of carbonyl (C=O) groups excluding carboxylic acids is 4. The van der Waals surface area contributed by atoms with Gasteiger partial charge in [0.15, 0.2) is 0 Å². The zero-order valence-corrected chi connectivity index (χ0v) is 16.3. The Balaban J connectivity index is 1.99. The first-order valence-corrected chi connectivity index (χ1v) is 9.18. The summed E-state index contributed by atoms with van der Waals surface area (Å²) in [6, 6.07) is 6.37. The predicted molar refractivity (Wildman–Crippen MR) is 103 cm³/mol. The highest BCUT2D eigenvalue weighted by Gasteiger charge is 2.41. The van der Waals surface area contributed by atoms with E-state index >= 15 is 0 Å². The normalized spacial score (nSPS) is 16.7. The van der Waals surface area contributed by atoms with E-state index in [0.717, 1.165) is 27.6 Å². The zero-order chi connectivity index (χ0) is 20.4. The van der Waals surface area contributed by atoms with E-state index < -0.39 is 29.1 Å². The maximum atomic E-state index is 12.7. The number of benzene rings is 1. The Labute approximate surface area is 165 Å². The average Bonchev–Trinajstić information content (AvgIpc) is 3.17. The minimum Gasteiger partial charge on any atom is -0.468 e. The van der Waals surface area contributed by atoms with Crippen LogP contribution in [0.1, 0.15) is 12.5 Å². The molecule has 2 heterocycles. The van der Waals surface area contributed by atoms with Gasteiger partial charge in [0, 0.05) is 22.7 Å². The molecule has 1 atom stereocenters. The fourth-order valence-electron chi connectivity index (χ4n) is 2.96. The van der Waals surface area contributed by atoms with Crippen LogP contribution in [0.2, 0.25) is 0 Å². The lowest BCUT2D eigenvalue weighted by Crippen LogP contribution is -2.42. The molecule has 146 valence electrons. The molecule has 1 aliphatic rings. The van der Waals surface area contributed by atoms with Crippen LogP contribution in [-0.4, -0.2) is 52.8 Å². The summed E-state index contributed by atoms with van der Waals surface area (Å²) in [6.45, 7) is 1.46. The second-order valence-corrected chi connectivity index (χ2v) is 7.05. The van der Waals surface area contributed by atoms with Gasteiger partial charge in [-0.05, 0) is 30.8 Å². The molecular formula is C19H18N2O6S. The van der Waals surface area contributed by atoms with Crippen LogP contribution in [-0.2, 0) is 30.4 Å². The average molecular weight is 402 g/mol. The van der Waals surface area contributed by atoms with Crippen LogP contribution in [0.3, 0.4) is 0 Å². The fraction of sp³-hybridized carbons (Fsp3) is 0.263. The summed E-state index contributed by atoms with van der Waals surface area (Å²) in [5.74, 6) is -1.63. The van der Waals surface area contributed by atoms with Crippen LogP contribution < -0.4 is 0 Å². The number of para-hydroxylation sites is 1. The molecule has 28 heavy (non-hydrogen) atoms. The van der Waals surface area contributed by atoms with Crippen LogP contribution in [0, 0.1) is 0 Å². The number of esters is 2. The van der Waals surface area contributed by atoms with E-state index in [9.17, 15) is 19.2 Å². The summed E-state index contributed by atoms with van der Waals surface area (Å²) in [5, 5.41) is 0.284. The largest absolute Gasteiger partial charge is 0.468 e. The van der Waals surface area contributed by atoms with E-state index in [4.69, 9.17) is 4.74 Å². The van der Waals surface area contributed by atoms with Crippen molar-refractivity contribution in [2.75, 3.05) is 14.2 Å². The summed E-state index contributed by atoms with van der Waals surface area (Å²) in [6.07, 6.45) is 3.31. The molecule has 9 heteroatoms. The Bertz CT molecular complexity index is 1010. The van der Waals surface area contributed by atoms with Crippen LogP contribution in [0.5, 0.6) is 0 Å². The van der Waals surface area contributed by atoms with Gasteiger partial charge in [-0.3, -0.25) is 19.3 Å². The summed E-state index contributed by atoms with van der Waals surface area (Å²) in [4.78, 5) is 49.4. The first kappa shape index (κ1) is 19.7. The third kappa shape index (κ3) is 3.53. The van der Waals surface area contributed by atoms with Gasteiger partial charge in [-0.2, -0.15) is 0 Å². The Hall–Kier alpha value is -3.07. The van der Waals surface area contributed by atoms with E-state index in [1.165, 1.54) is 21.1 Å². The van der Waals surface area contributed by atoms with Crippen LogP contribution in [0.15, 0.2) is 35.4 Å². The first-order valence-electron chi connectivity index (χ1n) is 8.37. The molecule has 0 spiro atoms. The molecule has 0 saturated carbocycles. The quantitative estimate of drug-likeness (QED) is 0.560. The lowest BCUT2D eigenvalue weighted by Gasteiger charge is -2.18. The fourth-order valence-corrected chi connectivity index (χ4v) is 3.85. The van der Waals surface area contributed by atoms with Crippen molar-refractivity contribution < 1.29 is 28.7 Å². The molecule has 1 fully saturated rings. The third-order valence-corrected chi connectivity index (χ3v) is 5.27. The van der Waals surface area contributed by atoms with Crippen LogP contribution in [0.25, 0.3) is 17.0 Å². The van der Waals surface area contributed by atoms with Crippen molar-refractivity contribution in [2.45, 2.75) is 19.5 Å². The van der Waals surface area contributed by atoms with Crippen molar-refractivity contribution in [2.24, 2.45) is 0 Å². The van der Waals surface area contributed by atoms with E-state index in [2.05, 4.69) is 4.74 Å². The lowest BCUT2D eigenvalue weighted by molar-refractivity contribution is -0.148. The highest BCUT2D eigenvalue weighted by Crippen LogP contribution is 2.35. The number of ether oxygens (including phenoxy) is 2. The topological polar surface area (TPSA) is 94.9 Å². The van der Waals surface area contributed by atoms with Crippen molar-refractivity contribution in [1.82, 2.24) is 9.47 Å². The highest BCUT2D eigenvalue weighted by molar-refractivity contribution is 8.18. The van der Waals surface area contributed by atoms with Gasteiger partial charge in [-0.1, -0.05) is 18.2 Å². The summed E-state index contributed by atoms with van der Waals surface area (Å²) in [5.41, 5.74) is 1.47. The van der Waals surface area contributed by atoms with Crippen molar-refractivity contribution in [1.29, 1.82) is 0 Å². The molecular weight excluding hydrogens is 384 g/mol. The van der Waals surface area contributed by atoms with Gasteiger partial charge in [0.2, 0.25) is 0 Å². The van der Waals surface area contributed by atoms with Crippen LogP contribution >= 0.6 is 11.8 Å². The molecule has 1 aromatic heterocycles. The van der Waals surface area contributed by atoms with Crippen molar-refractivity contribution in [3.63, 3.8) is 0 Å². The van der Waals surface area contributed by atoms with Crippen molar-refractivity contribution in [3.8, 4) is 0 Å². The molecule has 0 N–H and O–H groups in total. The van der Waals surface area contributed by atoms with Gasteiger partial charge in [0.05, 0.1) is 19.1 Å². The second-order valence-electron chi connectivity index (χ2n) is 6.06. The smallest absolute Gasteiger partial charge is 0.328 e.